The van der Waals surface area contributed by atoms with E-state index >= 15 is 0 Å². The van der Waals surface area contributed by atoms with Crippen LogP contribution >= 0.6 is 0 Å². The molecule has 0 bridgehead atoms. The van der Waals surface area contributed by atoms with E-state index in [1.165, 1.54) is 18.9 Å². The first-order chi connectivity index (χ1) is 5.81. The molecule has 5 heteroatoms. The first kappa shape index (κ1) is 12.1. The topological polar surface area (TPSA) is 69.9 Å². The van der Waals surface area contributed by atoms with E-state index in [0.717, 1.165) is 16.4 Å². The largest absolute Gasteiger partial charge is 0.417 e. The Morgan fingerprint density at radius 1 is 1.25 bits per heavy atom. The van der Waals surface area contributed by atoms with E-state index < -0.39 is 6.10 Å². The minimum absolute atomic E-state index is 0.365. The Hall–Kier alpha value is 0.0569. The maximum Gasteiger partial charge on any atom is 0.229 e. The zero-order chi connectivity index (χ0) is 9.23. The van der Waals surface area contributed by atoms with Crippen molar-refractivity contribution in [1.82, 2.24) is 0 Å². The van der Waals surface area contributed by atoms with Gasteiger partial charge < -0.3 is 19.7 Å². The molecule has 0 unspecified atom stereocenters. The lowest BCUT2D eigenvalue weighted by Gasteiger charge is -2.06. The minimum atomic E-state index is -0.954. The van der Waals surface area contributed by atoms with Crippen LogP contribution in [0, 0.1) is 0 Å². The maximum atomic E-state index is 8.17. The highest BCUT2D eigenvalue weighted by Gasteiger charge is 1.97. The van der Waals surface area contributed by atoms with Gasteiger partial charge in [0.05, 0.1) is 13.2 Å². The SMILES string of the molecule is C1CC[Si]OC1.OCC(O)CO. The predicted octanol–water partition coefficient (Wildman–Crippen LogP) is -0.834. The lowest BCUT2D eigenvalue weighted by atomic mass is 10.4. The van der Waals surface area contributed by atoms with Crippen molar-refractivity contribution in [3.05, 3.63) is 0 Å². The van der Waals surface area contributed by atoms with Gasteiger partial charge in [-0.2, -0.15) is 0 Å². The third-order valence-electron chi connectivity index (χ3n) is 1.30. The monoisotopic (exact) mass is 192 g/mol. The van der Waals surface area contributed by atoms with Crippen molar-refractivity contribution in [2.24, 2.45) is 0 Å². The molecule has 12 heavy (non-hydrogen) atoms. The fourth-order valence-corrected chi connectivity index (χ4v) is 1.40. The van der Waals surface area contributed by atoms with Gasteiger partial charge >= 0.3 is 0 Å². The summed E-state index contributed by atoms with van der Waals surface area (Å²) in [5, 5.41) is 24.0. The first-order valence-electron chi connectivity index (χ1n) is 4.05. The lowest BCUT2D eigenvalue weighted by molar-refractivity contribution is 0.0450. The van der Waals surface area contributed by atoms with Crippen LogP contribution in [0.3, 0.4) is 0 Å². The van der Waals surface area contributed by atoms with E-state index in [2.05, 4.69) is 0 Å². The van der Waals surface area contributed by atoms with Crippen LogP contribution in [0.1, 0.15) is 12.8 Å². The molecule has 0 saturated carbocycles. The van der Waals surface area contributed by atoms with Crippen LogP contribution in [0.15, 0.2) is 0 Å². The second-order valence-corrected chi connectivity index (χ2v) is 3.55. The normalized spacial score (nSPS) is 17.0. The molecule has 0 spiro atoms. The van der Waals surface area contributed by atoms with Crippen molar-refractivity contribution in [3.8, 4) is 0 Å². The zero-order valence-corrected chi connectivity index (χ0v) is 8.07. The second-order valence-electron chi connectivity index (χ2n) is 2.47. The highest BCUT2D eigenvalue weighted by atomic mass is 28.2. The summed E-state index contributed by atoms with van der Waals surface area (Å²) in [7, 11) is 0.802. The Morgan fingerprint density at radius 3 is 2.00 bits per heavy atom. The summed E-state index contributed by atoms with van der Waals surface area (Å²) < 4.78 is 5.10. The van der Waals surface area contributed by atoms with Crippen LogP contribution in [-0.4, -0.2) is 51.0 Å². The lowest BCUT2D eigenvalue weighted by Crippen LogP contribution is -2.15. The summed E-state index contributed by atoms with van der Waals surface area (Å²) in [5.41, 5.74) is 0. The van der Waals surface area contributed by atoms with Crippen molar-refractivity contribution in [2.75, 3.05) is 19.8 Å². The molecular formula is C7H16O4Si. The standard InChI is InChI=1S/C4H8OSi.C3H8O3/c1-2-4-6-5-3-1;4-1-3(6)2-5/h1-4H2;3-6H,1-2H2. The molecule has 0 aromatic carbocycles. The summed E-state index contributed by atoms with van der Waals surface area (Å²) in [4.78, 5) is 0. The van der Waals surface area contributed by atoms with E-state index in [-0.39, 0.29) is 13.2 Å². The Balaban J connectivity index is 0.000000202. The van der Waals surface area contributed by atoms with E-state index in [1.807, 2.05) is 0 Å². The number of aliphatic hydroxyl groups is 3. The summed E-state index contributed by atoms with van der Waals surface area (Å²) in [6, 6.07) is 1.31. The predicted molar refractivity (Wildman–Crippen MR) is 45.9 cm³/mol. The number of hydrogen-bond acceptors (Lipinski definition) is 4. The van der Waals surface area contributed by atoms with Gasteiger partial charge in [-0.1, -0.05) is 6.42 Å². The third kappa shape index (κ3) is 8.16. The molecule has 0 aliphatic carbocycles. The van der Waals surface area contributed by atoms with Gasteiger partial charge in [0.25, 0.3) is 0 Å². The maximum absolute atomic E-state index is 8.17. The average Bonchev–Trinajstić information content (AvgIpc) is 2.20. The van der Waals surface area contributed by atoms with E-state index in [4.69, 9.17) is 19.7 Å². The number of hydrogen-bond donors (Lipinski definition) is 3. The molecular weight excluding hydrogens is 176 g/mol. The molecule has 1 heterocycles. The van der Waals surface area contributed by atoms with Crippen molar-refractivity contribution < 1.29 is 19.7 Å². The van der Waals surface area contributed by atoms with Gasteiger partial charge in [0.2, 0.25) is 9.76 Å². The van der Waals surface area contributed by atoms with E-state index in [9.17, 15) is 0 Å². The van der Waals surface area contributed by atoms with Crippen molar-refractivity contribution in [2.45, 2.75) is 25.0 Å². The van der Waals surface area contributed by atoms with Crippen LogP contribution in [0.2, 0.25) is 6.04 Å². The Morgan fingerprint density at radius 2 is 1.92 bits per heavy atom. The summed E-state index contributed by atoms with van der Waals surface area (Å²) in [6.07, 6.45) is 1.72. The Kier molecular flexibility index (Phi) is 9.19. The smallest absolute Gasteiger partial charge is 0.229 e. The van der Waals surface area contributed by atoms with Crippen molar-refractivity contribution in [1.29, 1.82) is 0 Å². The van der Waals surface area contributed by atoms with Crippen LogP contribution in [-0.2, 0) is 4.43 Å². The first-order valence-corrected chi connectivity index (χ1v) is 5.17. The molecule has 0 amide bonds. The van der Waals surface area contributed by atoms with Gasteiger partial charge in [-0.15, -0.1) is 0 Å². The van der Waals surface area contributed by atoms with Crippen LogP contribution < -0.4 is 0 Å². The van der Waals surface area contributed by atoms with Crippen molar-refractivity contribution >= 4 is 9.76 Å². The number of aliphatic hydroxyl groups excluding tert-OH is 3. The molecule has 0 aromatic heterocycles. The Bertz CT molecular complexity index is 72.0. The molecule has 1 fully saturated rings. The van der Waals surface area contributed by atoms with E-state index in [0.29, 0.717) is 0 Å². The molecule has 1 aliphatic rings. The summed E-state index contributed by atoms with van der Waals surface area (Å²) in [5.74, 6) is 0. The molecule has 3 N–H and O–H groups in total. The quantitative estimate of drug-likeness (QED) is 0.499. The van der Waals surface area contributed by atoms with Crippen molar-refractivity contribution in [3.63, 3.8) is 0 Å². The average molecular weight is 192 g/mol. The highest BCUT2D eigenvalue weighted by molar-refractivity contribution is 6.27. The van der Waals surface area contributed by atoms with Crippen LogP contribution in [0.4, 0.5) is 0 Å². The molecule has 1 rings (SSSR count). The van der Waals surface area contributed by atoms with Gasteiger partial charge in [-0.3, -0.25) is 0 Å². The Labute approximate surface area is 75.1 Å². The fraction of sp³-hybridized carbons (Fsp3) is 1.00. The molecule has 0 atom stereocenters. The molecule has 1 aliphatic heterocycles. The van der Waals surface area contributed by atoms with Gasteiger partial charge in [0.1, 0.15) is 6.10 Å². The molecule has 2 radical (unpaired) electrons. The van der Waals surface area contributed by atoms with Gasteiger partial charge in [-0.25, -0.2) is 0 Å². The molecule has 72 valence electrons. The molecule has 1 saturated heterocycles. The molecule has 0 aromatic rings. The zero-order valence-electron chi connectivity index (χ0n) is 7.07. The minimum Gasteiger partial charge on any atom is -0.417 e. The summed E-state index contributed by atoms with van der Waals surface area (Å²) in [6.45, 7) is 0.283. The van der Waals surface area contributed by atoms with Crippen LogP contribution in [0.25, 0.3) is 0 Å². The van der Waals surface area contributed by atoms with Gasteiger partial charge in [0.15, 0.2) is 0 Å². The third-order valence-corrected chi connectivity index (χ3v) is 2.26. The highest BCUT2D eigenvalue weighted by Crippen LogP contribution is 2.01. The molecule has 4 nitrogen and oxygen atoms in total. The van der Waals surface area contributed by atoms with Gasteiger partial charge in [0, 0.05) is 6.61 Å². The van der Waals surface area contributed by atoms with Crippen LogP contribution in [0.5, 0.6) is 0 Å². The van der Waals surface area contributed by atoms with Gasteiger partial charge in [-0.05, 0) is 12.5 Å². The second kappa shape index (κ2) is 9.15. The van der Waals surface area contributed by atoms with E-state index in [1.54, 1.807) is 0 Å². The number of rotatable bonds is 2. The summed E-state index contributed by atoms with van der Waals surface area (Å²) >= 11 is 0. The fourth-order valence-electron chi connectivity index (χ4n) is 0.573.